The first-order valence-electron chi connectivity index (χ1n) is 8.84. The third kappa shape index (κ3) is 2.87. The number of benzene rings is 2. The summed E-state index contributed by atoms with van der Waals surface area (Å²) in [6.45, 7) is 2.82. The van der Waals surface area contributed by atoms with Crippen LogP contribution in [-0.4, -0.2) is 23.2 Å². The molecule has 0 saturated heterocycles. The summed E-state index contributed by atoms with van der Waals surface area (Å²) in [5.41, 5.74) is 13.1. The van der Waals surface area contributed by atoms with Crippen molar-refractivity contribution in [1.82, 2.24) is 0 Å². The molecule has 0 heterocycles. The summed E-state index contributed by atoms with van der Waals surface area (Å²) in [5.74, 6) is -1.11. The summed E-state index contributed by atoms with van der Waals surface area (Å²) in [5, 5.41) is 13.4. The highest BCUT2D eigenvalue weighted by molar-refractivity contribution is 6.34. The average Bonchev–Trinajstić information content (AvgIpc) is 2.62. The van der Waals surface area contributed by atoms with Crippen molar-refractivity contribution in [1.29, 1.82) is 0 Å². The van der Waals surface area contributed by atoms with Crippen molar-refractivity contribution in [2.75, 3.05) is 23.3 Å². The number of carbonyl (C=O) groups is 2. The molecule has 0 amide bonds. The molecule has 0 aliphatic heterocycles. The summed E-state index contributed by atoms with van der Waals surface area (Å²) < 4.78 is 0. The largest absolute Gasteiger partial charge is 0.507 e. The molecule has 26 heavy (non-hydrogen) atoms. The van der Waals surface area contributed by atoms with E-state index in [1.165, 1.54) is 18.2 Å². The monoisotopic (exact) mass is 353 g/mol. The Morgan fingerprint density at radius 2 is 1.46 bits per heavy atom. The number of carbonyl (C=O) groups excluding carboxylic acids is 2. The standard InChI is InChI=1S/C20H23N3O3/c1-2-3-4-5-10-23-13-8-9-14(24)18-17(13)19(25)15-11(21)6-7-12(22)16(15)20(18)26/h6-9,23-24H,2-5,10,21-22H2,1H3. The number of fused-ring (bicyclic) bond motifs is 2. The SMILES string of the molecule is CCCCCCNc1ccc(O)c2c1C(=O)c1c(N)ccc(N)c1C2=O. The number of aromatic hydroxyl groups is 1. The molecule has 2 aromatic rings. The molecule has 0 unspecified atom stereocenters. The Morgan fingerprint density at radius 3 is 2.08 bits per heavy atom. The van der Waals surface area contributed by atoms with E-state index in [4.69, 9.17) is 11.5 Å². The highest BCUT2D eigenvalue weighted by Crippen LogP contribution is 2.40. The Morgan fingerprint density at radius 1 is 0.846 bits per heavy atom. The number of rotatable bonds is 6. The molecule has 1 aliphatic rings. The Labute approximate surface area is 152 Å². The predicted molar refractivity (Wildman–Crippen MR) is 103 cm³/mol. The molecule has 136 valence electrons. The first kappa shape index (κ1) is 17.8. The van der Waals surface area contributed by atoms with Crippen LogP contribution >= 0.6 is 0 Å². The summed E-state index contributed by atoms with van der Waals surface area (Å²) in [7, 11) is 0. The molecule has 0 fully saturated rings. The van der Waals surface area contributed by atoms with Gasteiger partial charge in [-0.3, -0.25) is 9.59 Å². The van der Waals surface area contributed by atoms with Gasteiger partial charge in [0.2, 0.25) is 0 Å². The molecule has 0 radical (unpaired) electrons. The Bertz CT molecular complexity index is 890. The maximum Gasteiger partial charge on any atom is 0.200 e. The quantitative estimate of drug-likeness (QED) is 0.307. The number of nitrogens with two attached hydrogens (primary N) is 2. The molecule has 6 N–H and O–H groups in total. The number of unbranched alkanes of at least 4 members (excludes halogenated alkanes) is 3. The van der Waals surface area contributed by atoms with Crippen LogP contribution in [0.15, 0.2) is 24.3 Å². The van der Waals surface area contributed by atoms with Crippen LogP contribution in [0.2, 0.25) is 0 Å². The maximum atomic E-state index is 13.1. The van der Waals surface area contributed by atoms with E-state index in [-0.39, 0.29) is 39.4 Å². The van der Waals surface area contributed by atoms with Gasteiger partial charge in [0.15, 0.2) is 11.6 Å². The maximum absolute atomic E-state index is 13.1. The van der Waals surface area contributed by atoms with Crippen LogP contribution in [-0.2, 0) is 0 Å². The van der Waals surface area contributed by atoms with Crippen LogP contribution in [0.25, 0.3) is 0 Å². The van der Waals surface area contributed by atoms with Gasteiger partial charge in [0.25, 0.3) is 0 Å². The molecule has 6 nitrogen and oxygen atoms in total. The molecule has 0 aromatic heterocycles. The fourth-order valence-corrected chi connectivity index (χ4v) is 3.35. The van der Waals surface area contributed by atoms with Crippen LogP contribution < -0.4 is 16.8 Å². The zero-order valence-corrected chi connectivity index (χ0v) is 14.8. The zero-order chi connectivity index (χ0) is 18.8. The van der Waals surface area contributed by atoms with E-state index >= 15 is 0 Å². The molecule has 3 rings (SSSR count). The van der Waals surface area contributed by atoms with Gasteiger partial charge in [0, 0.05) is 23.6 Å². The third-order valence-electron chi connectivity index (χ3n) is 4.71. The minimum Gasteiger partial charge on any atom is -0.507 e. The van der Waals surface area contributed by atoms with E-state index in [2.05, 4.69) is 12.2 Å². The number of nitrogens with one attached hydrogen (secondary N) is 1. The number of phenols is 1. The van der Waals surface area contributed by atoms with E-state index in [0.717, 1.165) is 25.7 Å². The summed E-state index contributed by atoms with van der Waals surface area (Å²) in [6.07, 6.45) is 4.33. The van der Waals surface area contributed by atoms with Crippen molar-refractivity contribution >= 4 is 28.6 Å². The van der Waals surface area contributed by atoms with Crippen LogP contribution in [0.4, 0.5) is 17.1 Å². The van der Waals surface area contributed by atoms with Crippen molar-refractivity contribution in [3.05, 3.63) is 46.5 Å². The van der Waals surface area contributed by atoms with Crippen LogP contribution in [0.1, 0.15) is 64.4 Å². The molecule has 0 saturated carbocycles. The van der Waals surface area contributed by atoms with Gasteiger partial charge in [0.1, 0.15) is 5.75 Å². The topological polar surface area (TPSA) is 118 Å². The van der Waals surface area contributed by atoms with Gasteiger partial charge in [0.05, 0.1) is 22.3 Å². The number of hydrogen-bond acceptors (Lipinski definition) is 6. The fourth-order valence-electron chi connectivity index (χ4n) is 3.35. The van der Waals surface area contributed by atoms with E-state index in [9.17, 15) is 14.7 Å². The normalized spacial score (nSPS) is 12.7. The second-order valence-electron chi connectivity index (χ2n) is 6.52. The van der Waals surface area contributed by atoms with Crippen LogP contribution in [0.5, 0.6) is 5.75 Å². The summed E-state index contributed by atoms with van der Waals surface area (Å²) in [4.78, 5) is 26.0. The lowest BCUT2D eigenvalue weighted by molar-refractivity contribution is 0.0978. The Kier molecular flexibility index (Phi) is 4.84. The van der Waals surface area contributed by atoms with Crippen molar-refractivity contribution in [2.24, 2.45) is 0 Å². The second-order valence-corrected chi connectivity index (χ2v) is 6.52. The fraction of sp³-hybridized carbons (Fsp3) is 0.300. The van der Waals surface area contributed by atoms with Crippen molar-refractivity contribution in [3.63, 3.8) is 0 Å². The average molecular weight is 353 g/mol. The highest BCUT2D eigenvalue weighted by atomic mass is 16.3. The van der Waals surface area contributed by atoms with Gasteiger partial charge in [-0.2, -0.15) is 0 Å². The smallest absolute Gasteiger partial charge is 0.200 e. The van der Waals surface area contributed by atoms with E-state index < -0.39 is 11.6 Å². The van der Waals surface area contributed by atoms with Gasteiger partial charge in [-0.15, -0.1) is 0 Å². The first-order valence-corrected chi connectivity index (χ1v) is 8.84. The number of hydrogen-bond donors (Lipinski definition) is 4. The zero-order valence-electron chi connectivity index (χ0n) is 14.8. The minimum absolute atomic E-state index is 0.0154. The minimum atomic E-state index is -0.480. The predicted octanol–water partition coefficient (Wildman–Crippen LogP) is 3.32. The molecule has 6 heteroatoms. The molecular formula is C20H23N3O3. The van der Waals surface area contributed by atoms with Crippen molar-refractivity contribution in [3.8, 4) is 5.75 Å². The lowest BCUT2D eigenvalue weighted by Gasteiger charge is -2.23. The van der Waals surface area contributed by atoms with Gasteiger partial charge in [-0.25, -0.2) is 0 Å². The lowest BCUT2D eigenvalue weighted by atomic mass is 9.81. The molecule has 0 atom stereocenters. The first-order chi connectivity index (χ1) is 12.5. The lowest BCUT2D eigenvalue weighted by Crippen LogP contribution is -2.25. The van der Waals surface area contributed by atoms with Crippen LogP contribution in [0, 0.1) is 0 Å². The highest BCUT2D eigenvalue weighted by Gasteiger charge is 2.36. The molecule has 1 aliphatic carbocycles. The molecule has 2 aromatic carbocycles. The third-order valence-corrected chi connectivity index (χ3v) is 4.71. The summed E-state index contributed by atoms with van der Waals surface area (Å²) >= 11 is 0. The van der Waals surface area contributed by atoms with Crippen molar-refractivity contribution < 1.29 is 14.7 Å². The van der Waals surface area contributed by atoms with Gasteiger partial charge >= 0.3 is 0 Å². The number of ketones is 2. The molecule has 0 spiro atoms. The van der Waals surface area contributed by atoms with Gasteiger partial charge in [-0.05, 0) is 30.7 Å². The van der Waals surface area contributed by atoms with Gasteiger partial charge in [-0.1, -0.05) is 26.2 Å². The van der Waals surface area contributed by atoms with E-state index in [1.54, 1.807) is 6.07 Å². The van der Waals surface area contributed by atoms with Gasteiger partial charge < -0.3 is 21.9 Å². The summed E-state index contributed by atoms with van der Waals surface area (Å²) in [6, 6.07) is 6.06. The molecule has 0 bridgehead atoms. The van der Waals surface area contributed by atoms with Crippen molar-refractivity contribution in [2.45, 2.75) is 32.6 Å². The Hall–Kier alpha value is -3.02. The Balaban J connectivity index is 2.04. The number of phenolic OH excluding ortho intramolecular Hbond substituents is 1. The van der Waals surface area contributed by atoms with Crippen LogP contribution in [0.3, 0.4) is 0 Å². The van der Waals surface area contributed by atoms with E-state index in [0.29, 0.717) is 12.2 Å². The number of anilines is 3. The second kappa shape index (κ2) is 7.07. The van der Waals surface area contributed by atoms with E-state index in [1.807, 2.05) is 0 Å². The number of nitrogen functional groups attached to an aromatic ring is 2. The molecular weight excluding hydrogens is 330 g/mol.